The lowest BCUT2D eigenvalue weighted by atomic mass is 9.83. The molecule has 1 unspecified atom stereocenters. The maximum Gasteiger partial charge on any atom is 0.416 e. The summed E-state index contributed by atoms with van der Waals surface area (Å²) in [6.45, 7) is 6.23. The van der Waals surface area contributed by atoms with Gasteiger partial charge in [-0.05, 0) is 42.5 Å². The number of rotatable bonds is 9. The van der Waals surface area contributed by atoms with E-state index in [1.54, 1.807) is 15.9 Å². The van der Waals surface area contributed by atoms with E-state index in [1.165, 1.54) is 12.1 Å². The molecule has 250 valence electrons. The summed E-state index contributed by atoms with van der Waals surface area (Å²) < 4.78 is 66.4. The van der Waals surface area contributed by atoms with Crippen molar-refractivity contribution in [3.8, 4) is 0 Å². The molecular weight excluding hydrogens is 607 g/mol. The molecule has 46 heavy (non-hydrogen) atoms. The Balaban J connectivity index is 1.19. The quantitative estimate of drug-likeness (QED) is 0.273. The second-order valence-electron chi connectivity index (χ2n) is 12.8. The molecule has 3 amide bonds. The number of benzene rings is 2. The SMILES string of the molecule is C=CCN(C(=O)NCc1ccc(C(F)(F)F)cc1)C1CCN(C[C@H]2CN(C(=O)C3CCC(F)(F)C3)C[C@]2(O)c2ccccc2)CC1. The maximum absolute atomic E-state index is 13.9. The van der Waals surface area contributed by atoms with Gasteiger partial charge in [0.15, 0.2) is 0 Å². The van der Waals surface area contributed by atoms with Crippen molar-refractivity contribution in [2.75, 3.05) is 39.3 Å². The molecule has 3 atom stereocenters. The lowest BCUT2D eigenvalue weighted by Crippen LogP contribution is -2.52. The molecule has 3 fully saturated rings. The third kappa shape index (κ3) is 7.71. The summed E-state index contributed by atoms with van der Waals surface area (Å²) >= 11 is 0. The van der Waals surface area contributed by atoms with Crippen LogP contribution >= 0.6 is 0 Å². The van der Waals surface area contributed by atoms with Gasteiger partial charge in [-0.1, -0.05) is 48.5 Å². The number of likely N-dealkylation sites (tertiary alicyclic amines) is 2. The van der Waals surface area contributed by atoms with Crippen molar-refractivity contribution in [3.05, 3.63) is 83.9 Å². The highest BCUT2D eigenvalue weighted by atomic mass is 19.4. The molecule has 2 aliphatic heterocycles. The fourth-order valence-corrected chi connectivity index (χ4v) is 7.10. The molecule has 0 aromatic heterocycles. The van der Waals surface area contributed by atoms with Crippen molar-refractivity contribution >= 4 is 11.9 Å². The topological polar surface area (TPSA) is 76.1 Å². The first-order valence-corrected chi connectivity index (χ1v) is 15.8. The Morgan fingerprint density at radius 1 is 1.04 bits per heavy atom. The number of nitrogens with one attached hydrogen (secondary N) is 1. The molecule has 1 aliphatic carbocycles. The van der Waals surface area contributed by atoms with Crippen LogP contribution in [0.4, 0.5) is 26.7 Å². The first-order valence-electron chi connectivity index (χ1n) is 15.8. The number of carbonyl (C=O) groups excluding carboxylic acids is 2. The fraction of sp³-hybridized carbons (Fsp3) is 0.529. The van der Waals surface area contributed by atoms with Crippen LogP contribution in [0.2, 0.25) is 0 Å². The van der Waals surface area contributed by atoms with E-state index in [1.807, 2.05) is 30.3 Å². The predicted octanol–water partition coefficient (Wildman–Crippen LogP) is 5.65. The zero-order valence-electron chi connectivity index (χ0n) is 25.7. The van der Waals surface area contributed by atoms with Gasteiger partial charge in [-0.15, -0.1) is 6.58 Å². The number of β-amino-alcohol motifs (C(OH)–C–C–N with tert-alkyl or cyclic N) is 1. The van der Waals surface area contributed by atoms with Crippen molar-refractivity contribution in [1.82, 2.24) is 20.0 Å². The first kappa shape index (κ1) is 33.8. The summed E-state index contributed by atoms with van der Waals surface area (Å²) in [5, 5.41) is 14.8. The molecule has 1 saturated carbocycles. The number of urea groups is 1. The number of alkyl halides is 5. The molecule has 7 nitrogen and oxygen atoms in total. The van der Waals surface area contributed by atoms with Crippen LogP contribution < -0.4 is 5.32 Å². The number of hydrogen-bond donors (Lipinski definition) is 2. The summed E-state index contributed by atoms with van der Waals surface area (Å²) in [6.07, 6.45) is -2.10. The van der Waals surface area contributed by atoms with E-state index >= 15 is 0 Å². The van der Waals surface area contributed by atoms with Crippen LogP contribution in [-0.2, 0) is 23.1 Å². The number of amides is 3. The number of aliphatic hydroxyl groups is 1. The molecular formula is C34H41F5N4O3. The lowest BCUT2D eigenvalue weighted by molar-refractivity contribution is -0.137. The Morgan fingerprint density at radius 2 is 1.72 bits per heavy atom. The molecule has 2 aromatic rings. The minimum absolute atomic E-state index is 0.0469. The monoisotopic (exact) mass is 648 g/mol. The van der Waals surface area contributed by atoms with Gasteiger partial charge in [0.05, 0.1) is 12.1 Å². The average molecular weight is 649 g/mol. The molecule has 3 aliphatic rings. The smallest absolute Gasteiger partial charge is 0.383 e. The number of piperidine rings is 1. The Hall–Kier alpha value is -3.51. The van der Waals surface area contributed by atoms with Gasteiger partial charge in [-0.25, -0.2) is 13.6 Å². The van der Waals surface area contributed by atoms with E-state index in [4.69, 9.17) is 0 Å². The first-order chi connectivity index (χ1) is 21.8. The van der Waals surface area contributed by atoms with E-state index in [2.05, 4.69) is 16.8 Å². The molecule has 0 radical (unpaired) electrons. The lowest BCUT2D eigenvalue weighted by Gasteiger charge is -2.40. The van der Waals surface area contributed by atoms with Crippen molar-refractivity contribution in [3.63, 3.8) is 0 Å². The summed E-state index contributed by atoms with van der Waals surface area (Å²) in [5.74, 6) is -4.24. The Bertz CT molecular complexity index is 1370. The number of halogens is 5. The molecule has 2 saturated heterocycles. The van der Waals surface area contributed by atoms with E-state index in [0.29, 0.717) is 50.1 Å². The van der Waals surface area contributed by atoms with Gasteiger partial charge in [0.2, 0.25) is 11.8 Å². The number of hydrogen-bond acceptors (Lipinski definition) is 4. The van der Waals surface area contributed by atoms with E-state index < -0.39 is 35.6 Å². The maximum atomic E-state index is 13.9. The van der Waals surface area contributed by atoms with Gasteiger partial charge >= 0.3 is 12.2 Å². The molecule has 0 spiro atoms. The minimum atomic E-state index is -4.43. The van der Waals surface area contributed by atoms with Crippen LogP contribution in [0.25, 0.3) is 0 Å². The largest absolute Gasteiger partial charge is 0.416 e. The highest BCUT2D eigenvalue weighted by Gasteiger charge is 2.51. The van der Waals surface area contributed by atoms with Crippen molar-refractivity contribution in [1.29, 1.82) is 0 Å². The average Bonchev–Trinajstić information content (AvgIpc) is 3.58. The zero-order chi connectivity index (χ0) is 33.1. The summed E-state index contributed by atoms with van der Waals surface area (Å²) in [4.78, 5) is 31.9. The molecule has 0 bridgehead atoms. The van der Waals surface area contributed by atoms with Crippen LogP contribution in [0.15, 0.2) is 67.3 Å². The van der Waals surface area contributed by atoms with Gasteiger partial charge in [0.25, 0.3) is 0 Å². The molecule has 12 heteroatoms. The van der Waals surface area contributed by atoms with Crippen LogP contribution in [0.1, 0.15) is 48.8 Å². The van der Waals surface area contributed by atoms with Crippen molar-refractivity contribution < 1.29 is 36.6 Å². The Labute approximate surface area is 266 Å². The van der Waals surface area contributed by atoms with Crippen LogP contribution in [0, 0.1) is 11.8 Å². The summed E-state index contributed by atoms with van der Waals surface area (Å²) in [5.41, 5.74) is -0.850. The minimum Gasteiger partial charge on any atom is -0.383 e. The van der Waals surface area contributed by atoms with E-state index in [-0.39, 0.29) is 56.4 Å². The number of carbonyl (C=O) groups is 2. The van der Waals surface area contributed by atoms with Crippen LogP contribution in [0.3, 0.4) is 0 Å². The Morgan fingerprint density at radius 3 is 2.30 bits per heavy atom. The highest BCUT2D eigenvalue weighted by molar-refractivity contribution is 5.80. The van der Waals surface area contributed by atoms with Gasteiger partial charge in [0.1, 0.15) is 5.60 Å². The second-order valence-corrected chi connectivity index (χ2v) is 12.8. The summed E-state index contributed by atoms with van der Waals surface area (Å²) in [7, 11) is 0. The summed E-state index contributed by atoms with van der Waals surface area (Å²) in [6, 6.07) is 13.4. The predicted molar refractivity (Wildman–Crippen MR) is 163 cm³/mol. The van der Waals surface area contributed by atoms with Crippen molar-refractivity contribution in [2.45, 2.75) is 62.4 Å². The second kappa shape index (κ2) is 13.7. The van der Waals surface area contributed by atoms with Gasteiger partial charge in [0, 0.05) is 70.0 Å². The Kier molecular flexibility index (Phi) is 10.1. The normalized spacial score (nSPS) is 25.4. The zero-order valence-corrected chi connectivity index (χ0v) is 25.7. The molecule has 2 N–H and O–H groups in total. The van der Waals surface area contributed by atoms with Crippen LogP contribution in [-0.4, -0.2) is 83.0 Å². The van der Waals surface area contributed by atoms with Gasteiger partial charge in [-0.2, -0.15) is 13.2 Å². The number of nitrogens with zero attached hydrogens (tertiary/aromatic N) is 3. The van der Waals surface area contributed by atoms with Crippen molar-refractivity contribution in [2.24, 2.45) is 11.8 Å². The van der Waals surface area contributed by atoms with E-state index in [0.717, 1.165) is 12.1 Å². The van der Waals surface area contributed by atoms with Gasteiger partial charge < -0.3 is 25.1 Å². The van der Waals surface area contributed by atoms with E-state index in [9.17, 15) is 36.6 Å². The molecule has 5 rings (SSSR count). The highest BCUT2D eigenvalue weighted by Crippen LogP contribution is 2.43. The third-order valence-electron chi connectivity index (χ3n) is 9.67. The van der Waals surface area contributed by atoms with Crippen LogP contribution in [0.5, 0.6) is 0 Å². The molecule has 2 aromatic carbocycles. The van der Waals surface area contributed by atoms with Gasteiger partial charge in [-0.3, -0.25) is 4.79 Å². The fourth-order valence-electron chi connectivity index (χ4n) is 7.10. The third-order valence-corrected chi connectivity index (χ3v) is 9.67. The molecule has 2 heterocycles. The standard InChI is InChI=1S/C34H41F5N4O3/c1-2-16-43(31(45)40-20-24-8-10-27(11-9-24)34(37,38)39)29-13-17-41(18-14-29)21-28-22-42(30(44)25-12-15-32(35,36)19-25)23-33(28,46)26-6-4-3-5-7-26/h2-11,25,28-29,46H,1,12-23H2,(H,40,45)/t25?,28-,33-/m0/s1.